The maximum absolute atomic E-state index is 12.3. The molecule has 1 aromatic heterocycles. The van der Waals surface area contributed by atoms with E-state index in [9.17, 15) is 9.59 Å². The number of anilines is 1. The van der Waals surface area contributed by atoms with E-state index in [0.717, 1.165) is 29.4 Å². The predicted octanol–water partition coefficient (Wildman–Crippen LogP) is 2.57. The Balaban J connectivity index is 1.46. The number of hydrogen-bond donors (Lipinski definition) is 0. The van der Waals surface area contributed by atoms with Gasteiger partial charge in [0.25, 0.3) is 5.91 Å². The highest BCUT2D eigenvalue weighted by atomic mass is 32.1. The lowest BCUT2D eigenvalue weighted by Gasteiger charge is -2.36. The fraction of sp³-hybridized carbons (Fsp3) is 0.368. The van der Waals surface area contributed by atoms with Crippen molar-refractivity contribution < 1.29 is 19.1 Å². The standard InChI is InChI=1S/C19H22N2O4S/c1-14-3-8-17(26-14)19(23)25-13-18(22)21-11-9-20(10-12-21)15-4-6-16(24-2)7-5-15/h3-8H,9-13H2,1-2H3. The van der Waals surface area contributed by atoms with Gasteiger partial charge >= 0.3 is 5.97 Å². The first-order valence-electron chi connectivity index (χ1n) is 8.47. The van der Waals surface area contributed by atoms with Crippen molar-refractivity contribution in [2.45, 2.75) is 6.92 Å². The molecule has 0 N–H and O–H groups in total. The summed E-state index contributed by atoms with van der Waals surface area (Å²) in [7, 11) is 1.64. The maximum Gasteiger partial charge on any atom is 0.348 e. The van der Waals surface area contributed by atoms with Gasteiger partial charge in [-0.05, 0) is 43.3 Å². The van der Waals surface area contributed by atoms with Crippen molar-refractivity contribution >= 4 is 28.9 Å². The van der Waals surface area contributed by atoms with Gasteiger partial charge in [0.2, 0.25) is 0 Å². The molecule has 6 nitrogen and oxygen atoms in total. The van der Waals surface area contributed by atoms with Crippen molar-refractivity contribution in [3.8, 4) is 5.75 Å². The van der Waals surface area contributed by atoms with Crippen molar-refractivity contribution in [2.75, 3.05) is 44.8 Å². The maximum atomic E-state index is 12.3. The largest absolute Gasteiger partial charge is 0.497 e. The smallest absolute Gasteiger partial charge is 0.348 e. The Morgan fingerprint density at radius 3 is 2.31 bits per heavy atom. The molecule has 0 spiro atoms. The summed E-state index contributed by atoms with van der Waals surface area (Å²) >= 11 is 1.37. The number of aryl methyl sites for hydroxylation is 1. The number of piperazine rings is 1. The molecule has 1 saturated heterocycles. The number of rotatable bonds is 5. The van der Waals surface area contributed by atoms with Gasteiger partial charge in [-0.2, -0.15) is 0 Å². The van der Waals surface area contributed by atoms with Crippen LogP contribution in [0.15, 0.2) is 36.4 Å². The van der Waals surface area contributed by atoms with Crippen molar-refractivity contribution in [1.82, 2.24) is 4.90 Å². The molecule has 138 valence electrons. The van der Waals surface area contributed by atoms with E-state index in [0.29, 0.717) is 18.0 Å². The van der Waals surface area contributed by atoms with Crippen LogP contribution in [0, 0.1) is 6.92 Å². The summed E-state index contributed by atoms with van der Waals surface area (Å²) < 4.78 is 10.3. The van der Waals surface area contributed by atoms with Crippen LogP contribution in [0.4, 0.5) is 5.69 Å². The Morgan fingerprint density at radius 1 is 1.04 bits per heavy atom. The fourth-order valence-corrected chi connectivity index (χ4v) is 3.60. The highest BCUT2D eigenvalue weighted by Gasteiger charge is 2.22. The van der Waals surface area contributed by atoms with E-state index in [-0.39, 0.29) is 12.5 Å². The van der Waals surface area contributed by atoms with Gasteiger partial charge in [0.15, 0.2) is 6.61 Å². The second-order valence-electron chi connectivity index (χ2n) is 6.05. The molecule has 0 saturated carbocycles. The molecule has 2 heterocycles. The van der Waals surface area contributed by atoms with E-state index >= 15 is 0 Å². The number of ether oxygens (including phenoxy) is 2. The molecule has 1 fully saturated rings. The monoisotopic (exact) mass is 374 g/mol. The Kier molecular flexibility index (Phi) is 5.78. The second kappa shape index (κ2) is 8.23. The summed E-state index contributed by atoms with van der Waals surface area (Å²) in [6, 6.07) is 11.5. The Labute approximate surface area is 156 Å². The van der Waals surface area contributed by atoms with Crippen LogP contribution in [0.2, 0.25) is 0 Å². The quantitative estimate of drug-likeness (QED) is 0.753. The molecule has 0 radical (unpaired) electrons. The van der Waals surface area contributed by atoms with Gasteiger partial charge in [0.05, 0.1) is 7.11 Å². The third-order valence-corrected chi connectivity index (χ3v) is 5.32. The first kappa shape index (κ1) is 18.3. The van der Waals surface area contributed by atoms with Crippen molar-refractivity contribution in [3.05, 3.63) is 46.2 Å². The summed E-state index contributed by atoms with van der Waals surface area (Å²) in [4.78, 5) is 29.8. The minimum atomic E-state index is -0.437. The summed E-state index contributed by atoms with van der Waals surface area (Å²) in [5.74, 6) is 0.236. The number of carbonyl (C=O) groups excluding carboxylic acids is 2. The minimum Gasteiger partial charge on any atom is -0.497 e. The molecule has 7 heteroatoms. The second-order valence-corrected chi connectivity index (χ2v) is 7.34. The van der Waals surface area contributed by atoms with Gasteiger partial charge in [0, 0.05) is 36.7 Å². The topological polar surface area (TPSA) is 59.1 Å². The third kappa shape index (κ3) is 4.35. The molecule has 0 bridgehead atoms. The number of nitrogens with zero attached hydrogens (tertiary/aromatic N) is 2. The fourth-order valence-electron chi connectivity index (χ4n) is 2.84. The van der Waals surface area contributed by atoms with Crippen LogP contribution in [0.3, 0.4) is 0 Å². The first-order valence-corrected chi connectivity index (χ1v) is 9.29. The normalized spacial score (nSPS) is 14.2. The van der Waals surface area contributed by atoms with E-state index in [1.807, 2.05) is 37.3 Å². The number of amides is 1. The molecule has 3 rings (SSSR count). The Morgan fingerprint density at radius 2 is 1.73 bits per heavy atom. The average Bonchev–Trinajstić information content (AvgIpc) is 3.12. The van der Waals surface area contributed by atoms with Gasteiger partial charge < -0.3 is 19.3 Å². The highest BCUT2D eigenvalue weighted by Crippen LogP contribution is 2.20. The summed E-state index contributed by atoms with van der Waals surface area (Å²) in [6.45, 7) is 4.43. The SMILES string of the molecule is COc1ccc(N2CCN(C(=O)COC(=O)c3ccc(C)s3)CC2)cc1. The zero-order valence-electron chi connectivity index (χ0n) is 14.9. The van der Waals surface area contributed by atoms with Gasteiger partial charge in [-0.25, -0.2) is 4.79 Å². The molecular formula is C19H22N2O4S. The van der Waals surface area contributed by atoms with Gasteiger partial charge in [-0.1, -0.05) is 0 Å². The summed E-state index contributed by atoms with van der Waals surface area (Å²) in [5.41, 5.74) is 1.11. The molecule has 1 aliphatic heterocycles. The van der Waals surface area contributed by atoms with E-state index in [4.69, 9.17) is 9.47 Å². The average molecular weight is 374 g/mol. The number of carbonyl (C=O) groups is 2. The molecular weight excluding hydrogens is 352 g/mol. The number of methoxy groups -OCH3 is 1. The van der Waals surface area contributed by atoms with Crippen molar-refractivity contribution in [3.63, 3.8) is 0 Å². The summed E-state index contributed by atoms with van der Waals surface area (Å²) in [6.07, 6.45) is 0. The molecule has 26 heavy (non-hydrogen) atoms. The number of thiophene rings is 1. The van der Waals surface area contributed by atoms with Crippen LogP contribution in [0.1, 0.15) is 14.5 Å². The Hall–Kier alpha value is -2.54. The minimum absolute atomic E-state index is 0.152. The van der Waals surface area contributed by atoms with Crippen LogP contribution in [-0.4, -0.2) is 56.7 Å². The highest BCUT2D eigenvalue weighted by molar-refractivity contribution is 7.13. The lowest BCUT2D eigenvalue weighted by Crippen LogP contribution is -2.49. The lowest BCUT2D eigenvalue weighted by molar-refractivity contribution is -0.134. The van der Waals surface area contributed by atoms with Crippen LogP contribution in [0.5, 0.6) is 5.75 Å². The molecule has 1 aromatic carbocycles. The van der Waals surface area contributed by atoms with Gasteiger partial charge in [-0.3, -0.25) is 4.79 Å². The van der Waals surface area contributed by atoms with Crippen LogP contribution in [-0.2, 0) is 9.53 Å². The summed E-state index contributed by atoms with van der Waals surface area (Å²) in [5, 5.41) is 0. The zero-order chi connectivity index (χ0) is 18.5. The molecule has 0 atom stereocenters. The molecule has 1 amide bonds. The van der Waals surface area contributed by atoms with E-state index in [2.05, 4.69) is 4.90 Å². The number of esters is 1. The Bertz CT molecular complexity index is 764. The molecule has 0 unspecified atom stereocenters. The van der Waals surface area contributed by atoms with Gasteiger partial charge in [-0.15, -0.1) is 11.3 Å². The zero-order valence-corrected chi connectivity index (χ0v) is 15.8. The van der Waals surface area contributed by atoms with E-state index in [1.54, 1.807) is 18.1 Å². The van der Waals surface area contributed by atoms with E-state index < -0.39 is 5.97 Å². The molecule has 2 aromatic rings. The number of hydrogen-bond acceptors (Lipinski definition) is 6. The van der Waals surface area contributed by atoms with E-state index in [1.165, 1.54) is 11.3 Å². The molecule has 0 aliphatic carbocycles. The van der Waals surface area contributed by atoms with Crippen LogP contribution in [0.25, 0.3) is 0 Å². The van der Waals surface area contributed by atoms with Crippen molar-refractivity contribution in [2.24, 2.45) is 0 Å². The van der Waals surface area contributed by atoms with Crippen molar-refractivity contribution in [1.29, 1.82) is 0 Å². The van der Waals surface area contributed by atoms with Crippen LogP contribution >= 0.6 is 11.3 Å². The first-order chi connectivity index (χ1) is 12.6. The third-order valence-electron chi connectivity index (χ3n) is 4.34. The van der Waals surface area contributed by atoms with Gasteiger partial charge in [0.1, 0.15) is 10.6 Å². The van der Waals surface area contributed by atoms with Crippen LogP contribution < -0.4 is 9.64 Å². The molecule has 1 aliphatic rings. The lowest BCUT2D eigenvalue weighted by atomic mass is 10.2. The predicted molar refractivity (Wildman–Crippen MR) is 101 cm³/mol. The number of benzene rings is 1.